The van der Waals surface area contributed by atoms with Gasteiger partial charge >= 0.3 is 0 Å². The van der Waals surface area contributed by atoms with Gasteiger partial charge in [-0.3, -0.25) is 0 Å². The SMILES string of the molecule is C1=CC=CNC=C1.O=CC(O)C(O)C(O)C(O)CO. The predicted octanol–water partition coefficient (Wildman–Crippen LogP) is -2.21. The van der Waals surface area contributed by atoms with E-state index in [4.69, 9.17) is 25.5 Å². The number of rotatable bonds is 5. The molecule has 0 bridgehead atoms. The minimum atomic E-state index is -1.79. The molecule has 0 fully saturated rings. The summed E-state index contributed by atoms with van der Waals surface area (Å²) < 4.78 is 0. The highest BCUT2D eigenvalue weighted by Gasteiger charge is 2.29. The summed E-state index contributed by atoms with van der Waals surface area (Å²) in [4.78, 5) is 9.90. The number of aliphatic hydroxyl groups is 5. The van der Waals surface area contributed by atoms with Crippen molar-refractivity contribution in [2.75, 3.05) is 6.61 Å². The average molecular weight is 273 g/mol. The zero-order chi connectivity index (χ0) is 14.7. The fraction of sp³-hybridized carbons (Fsp3) is 0.417. The Morgan fingerprint density at radius 3 is 1.89 bits per heavy atom. The molecule has 7 heteroatoms. The Morgan fingerprint density at radius 2 is 1.47 bits per heavy atom. The lowest BCUT2D eigenvalue weighted by Gasteiger charge is -2.22. The van der Waals surface area contributed by atoms with Crippen molar-refractivity contribution < 1.29 is 30.3 Å². The Morgan fingerprint density at radius 1 is 0.947 bits per heavy atom. The molecule has 0 amide bonds. The fourth-order valence-electron chi connectivity index (χ4n) is 1.02. The Bertz CT molecular complexity index is 314. The highest BCUT2D eigenvalue weighted by molar-refractivity contribution is 5.56. The topological polar surface area (TPSA) is 130 Å². The van der Waals surface area contributed by atoms with E-state index in [-0.39, 0.29) is 6.29 Å². The molecule has 0 aromatic heterocycles. The molecule has 6 N–H and O–H groups in total. The van der Waals surface area contributed by atoms with Crippen LogP contribution in [0.25, 0.3) is 0 Å². The second-order valence-electron chi connectivity index (χ2n) is 3.63. The maximum atomic E-state index is 9.90. The number of aldehydes is 1. The third kappa shape index (κ3) is 7.50. The van der Waals surface area contributed by atoms with Gasteiger partial charge in [0.05, 0.1) is 6.61 Å². The van der Waals surface area contributed by atoms with Gasteiger partial charge in [-0.05, 0) is 12.2 Å². The van der Waals surface area contributed by atoms with Crippen LogP contribution in [0.1, 0.15) is 0 Å². The first-order valence-electron chi connectivity index (χ1n) is 5.57. The van der Waals surface area contributed by atoms with Crippen LogP contribution in [0.2, 0.25) is 0 Å². The van der Waals surface area contributed by atoms with E-state index in [1.54, 1.807) is 0 Å². The summed E-state index contributed by atoms with van der Waals surface area (Å²) in [6, 6.07) is 0. The molecule has 0 saturated heterocycles. The third-order valence-corrected chi connectivity index (χ3v) is 2.14. The molecule has 4 atom stereocenters. The monoisotopic (exact) mass is 273 g/mol. The summed E-state index contributed by atoms with van der Waals surface area (Å²) in [5, 5.41) is 46.5. The molecular formula is C12H19NO6. The van der Waals surface area contributed by atoms with Gasteiger partial charge in [0.2, 0.25) is 0 Å². The van der Waals surface area contributed by atoms with Crippen molar-refractivity contribution in [3.8, 4) is 0 Å². The van der Waals surface area contributed by atoms with Gasteiger partial charge in [0.1, 0.15) is 24.4 Å². The van der Waals surface area contributed by atoms with Crippen molar-refractivity contribution in [3.05, 3.63) is 36.7 Å². The quantitative estimate of drug-likeness (QED) is 0.313. The molecule has 0 saturated carbocycles. The summed E-state index contributed by atoms with van der Waals surface area (Å²) in [5.41, 5.74) is 0. The molecule has 0 aromatic rings. The van der Waals surface area contributed by atoms with Gasteiger partial charge < -0.3 is 35.6 Å². The fourth-order valence-corrected chi connectivity index (χ4v) is 1.02. The standard InChI is InChI=1S/C6H7N.C6H12O6/c1-2-4-6-7-5-3-1;7-1-3(9)5(11)6(12)4(10)2-8/h1-7H;1,3-6,8-12H,2H2. The largest absolute Gasteiger partial charge is 0.394 e. The molecule has 0 radical (unpaired) electrons. The van der Waals surface area contributed by atoms with Crippen LogP contribution in [0.3, 0.4) is 0 Å². The Balaban J connectivity index is 0.000000388. The van der Waals surface area contributed by atoms with Crippen LogP contribution in [0.5, 0.6) is 0 Å². The van der Waals surface area contributed by atoms with E-state index in [2.05, 4.69) is 5.32 Å². The van der Waals surface area contributed by atoms with Crippen LogP contribution in [-0.2, 0) is 4.79 Å². The number of nitrogens with one attached hydrogen (secondary N) is 1. The number of allylic oxidation sites excluding steroid dienone is 4. The van der Waals surface area contributed by atoms with Gasteiger partial charge in [-0.2, -0.15) is 0 Å². The van der Waals surface area contributed by atoms with E-state index in [9.17, 15) is 4.79 Å². The van der Waals surface area contributed by atoms with E-state index in [0.717, 1.165) is 0 Å². The lowest BCUT2D eigenvalue weighted by Crippen LogP contribution is -2.46. The van der Waals surface area contributed by atoms with Crippen molar-refractivity contribution in [3.63, 3.8) is 0 Å². The summed E-state index contributed by atoms with van der Waals surface area (Å²) in [6.45, 7) is -0.760. The molecule has 0 aromatic carbocycles. The highest BCUT2D eigenvalue weighted by Crippen LogP contribution is 2.02. The van der Waals surface area contributed by atoms with Crippen molar-refractivity contribution in [1.82, 2.24) is 5.32 Å². The molecule has 0 aliphatic carbocycles. The lowest BCUT2D eigenvalue weighted by atomic mass is 10.0. The summed E-state index contributed by atoms with van der Waals surface area (Å²) in [5.74, 6) is 0. The Labute approximate surface area is 110 Å². The third-order valence-electron chi connectivity index (χ3n) is 2.14. The summed E-state index contributed by atoms with van der Waals surface area (Å²) in [6.07, 6.45) is 4.74. The molecule has 4 unspecified atom stereocenters. The smallest absolute Gasteiger partial charge is 0.151 e. The van der Waals surface area contributed by atoms with Crippen LogP contribution in [0, 0.1) is 0 Å². The predicted molar refractivity (Wildman–Crippen MR) is 67.7 cm³/mol. The number of carbonyl (C=O) groups excluding carboxylic acids is 1. The maximum absolute atomic E-state index is 9.90. The highest BCUT2D eigenvalue weighted by atomic mass is 16.4. The second kappa shape index (κ2) is 10.4. The van der Waals surface area contributed by atoms with Gasteiger partial charge in [-0.15, -0.1) is 0 Å². The molecule has 7 nitrogen and oxygen atoms in total. The normalized spacial score (nSPS) is 19.2. The second-order valence-corrected chi connectivity index (χ2v) is 3.63. The molecular weight excluding hydrogens is 254 g/mol. The van der Waals surface area contributed by atoms with Crippen LogP contribution < -0.4 is 5.32 Å². The van der Waals surface area contributed by atoms with Crippen molar-refractivity contribution in [1.29, 1.82) is 0 Å². The molecule has 1 aliphatic heterocycles. The van der Waals surface area contributed by atoms with Gasteiger partial charge in [-0.25, -0.2) is 0 Å². The summed E-state index contributed by atoms with van der Waals surface area (Å²) in [7, 11) is 0. The minimum Gasteiger partial charge on any atom is -0.394 e. The van der Waals surface area contributed by atoms with Gasteiger partial charge in [-0.1, -0.05) is 12.2 Å². The number of hydrogen-bond donors (Lipinski definition) is 6. The first-order valence-corrected chi connectivity index (χ1v) is 5.57. The van der Waals surface area contributed by atoms with Crippen molar-refractivity contribution in [2.24, 2.45) is 0 Å². The van der Waals surface area contributed by atoms with Crippen molar-refractivity contribution >= 4 is 6.29 Å². The number of aliphatic hydroxyl groups excluding tert-OH is 5. The molecule has 1 rings (SSSR count). The molecule has 19 heavy (non-hydrogen) atoms. The molecule has 1 aliphatic rings. The van der Waals surface area contributed by atoms with E-state index in [1.165, 1.54) is 0 Å². The van der Waals surface area contributed by atoms with Crippen LogP contribution in [-0.4, -0.2) is 62.8 Å². The lowest BCUT2D eigenvalue weighted by molar-refractivity contribution is -0.136. The molecule has 1 heterocycles. The van der Waals surface area contributed by atoms with Gasteiger partial charge in [0.15, 0.2) is 6.29 Å². The van der Waals surface area contributed by atoms with Crippen LogP contribution in [0.15, 0.2) is 36.7 Å². The Hall–Kier alpha value is -1.51. The zero-order valence-electron chi connectivity index (χ0n) is 10.2. The first-order chi connectivity index (χ1) is 9.04. The molecule has 108 valence electrons. The van der Waals surface area contributed by atoms with E-state index >= 15 is 0 Å². The van der Waals surface area contributed by atoms with E-state index < -0.39 is 31.0 Å². The Kier molecular flexibility index (Phi) is 9.59. The van der Waals surface area contributed by atoms with Gasteiger partial charge in [0.25, 0.3) is 0 Å². The van der Waals surface area contributed by atoms with Crippen LogP contribution in [0.4, 0.5) is 0 Å². The minimum absolute atomic E-state index is 0.0258. The van der Waals surface area contributed by atoms with E-state index in [0.29, 0.717) is 0 Å². The zero-order valence-corrected chi connectivity index (χ0v) is 10.2. The van der Waals surface area contributed by atoms with Crippen molar-refractivity contribution in [2.45, 2.75) is 24.4 Å². The summed E-state index contributed by atoms with van der Waals surface area (Å²) >= 11 is 0. The maximum Gasteiger partial charge on any atom is 0.151 e. The average Bonchev–Trinajstić information content (AvgIpc) is 2.77. The first kappa shape index (κ1) is 17.5. The number of hydrogen-bond acceptors (Lipinski definition) is 7. The van der Waals surface area contributed by atoms with Crippen LogP contribution >= 0.6 is 0 Å². The van der Waals surface area contributed by atoms with Gasteiger partial charge in [0, 0.05) is 12.4 Å². The number of carbonyl (C=O) groups is 1. The van der Waals surface area contributed by atoms with E-state index in [1.807, 2.05) is 36.7 Å². The molecule has 0 spiro atoms.